The van der Waals surface area contributed by atoms with Crippen LogP contribution in [0.3, 0.4) is 0 Å². The maximum Gasteiger partial charge on any atom is 0.249 e. The van der Waals surface area contributed by atoms with Gasteiger partial charge in [0.25, 0.3) is 0 Å². The molecule has 0 aliphatic rings. The fourth-order valence-corrected chi connectivity index (χ4v) is 3.30. The molecule has 1 rings (SSSR count). The van der Waals surface area contributed by atoms with E-state index in [-0.39, 0.29) is 22.9 Å². The zero-order valence-corrected chi connectivity index (χ0v) is 18.5. The number of carbonyl (C=O) groups excluding carboxylic acids is 1. The topological polar surface area (TPSA) is 58.6 Å². The van der Waals surface area contributed by atoms with Crippen LogP contribution in [-0.4, -0.2) is 38.1 Å². The van der Waals surface area contributed by atoms with Crippen molar-refractivity contribution in [3.8, 4) is 0 Å². The predicted octanol–water partition coefficient (Wildman–Crippen LogP) is 4.14. The molecule has 0 spiro atoms. The van der Waals surface area contributed by atoms with E-state index >= 15 is 0 Å². The van der Waals surface area contributed by atoms with Crippen molar-refractivity contribution in [3.05, 3.63) is 35.9 Å². The first kappa shape index (κ1) is 22.9. The Balaban J connectivity index is 2.56. The Morgan fingerprint density at radius 1 is 1.19 bits per heavy atom. The third-order valence-corrected chi connectivity index (χ3v) is 9.91. The first-order chi connectivity index (χ1) is 11.9. The highest BCUT2D eigenvalue weighted by atomic mass is 28.4. The van der Waals surface area contributed by atoms with Crippen LogP contribution in [0, 0.1) is 5.92 Å². The molecule has 0 heterocycles. The number of carbonyl (C=O) groups is 1. The second-order valence-electron chi connectivity index (χ2n) is 8.97. The second-order valence-corrected chi connectivity index (χ2v) is 13.8. The highest BCUT2D eigenvalue weighted by Gasteiger charge is 2.38. The van der Waals surface area contributed by atoms with Crippen molar-refractivity contribution in [1.29, 1.82) is 0 Å². The van der Waals surface area contributed by atoms with Crippen molar-refractivity contribution in [3.63, 3.8) is 0 Å². The van der Waals surface area contributed by atoms with Gasteiger partial charge in [0, 0.05) is 0 Å². The molecule has 0 radical (unpaired) electrons. The summed E-state index contributed by atoms with van der Waals surface area (Å²) < 4.78 is 6.27. The first-order valence-corrected chi connectivity index (χ1v) is 12.5. The Bertz CT molecular complexity index is 552. The molecule has 2 N–H and O–H groups in total. The molecule has 0 bridgehead atoms. The van der Waals surface area contributed by atoms with Gasteiger partial charge in [-0.05, 0) is 42.5 Å². The lowest BCUT2D eigenvalue weighted by atomic mass is 10.0. The summed E-state index contributed by atoms with van der Waals surface area (Å²) in [7, 11) is -1.86. The van der Waals surface area contributed by atoms with Crippen LogP contribution in [0.1, 0.15) is 46.6 Å². The van der Waals surface area contributed by atoms with Crippen LogP contribution in [0.5, 0.6) is 0 Å². The van der Waals surface area contributed by atoms with E-state index in [1.54, 1.807) is 0 Å². The van der Waals surface area contributed by atoms with E-state index in [9.17, 15) is 9.90 Å². The average Bonchev–Trinajstić information content (AvgIpc) is 2.55. The van der Waals surface area contributed by atoms with Crippen molar-refractivity contribution in [2.24, 2.45) is 5.92 Å². The zero-order chi connectivity index (χ0) is 20.0. The third kappa shape index (κ3) is 7.21. The van der Waals surface area contributed by atoms with Crippen LogP contribution in [0.4, 0.5) is 0 Å². The summed E-state index contributed by atoms with van der Waals surface area (Å²) in [5.74, 6) is -0.0662. The molecule has 0 aromatic heterocycles. The minimum Gasteiger partial charge on any atom is -0.415 e. The summed E-state index contributed by atoms with van der Waals surface area (Å²) in [6, 6.07) is 9.82. The van der Waals surface area contributed by atoms with Gasteiger partial charge in [0.2, 0.25) is 5.91 Å². The molecule has 148 valence electrons. The molecule has 0 fully saturated rings. The smallest absolute Gasteiger partial charge is 0.249 e. The number of aryl methyl sites for hydroxylation is 1. The van der Waals surface area contributed by atoms with Crippen molar-refractivity contribution in [1.82, 2.24) is 5.32 Å². The number of benzene rings is 1. The number of nitrogens with one attached hydrogen (secondary N) is 1. The lowest BCUT2D eigenvalue weighted by molar-refractivity contribution is -0.131. The molecule has 0 aliphatic heterocycles. The zero-order valence-electron chi connectivity index (χ0n) is 17.5. The van der Waals surface area contributed by atoms with Crippen LogP contribution in [-0.2, 0) is 15.6 Å². The standard InChI is InChI=1S/C21H37NO3Si/c1-16(2)18(15-25-26(6,7)21(3,4)5)22-20(24)19(23)14-13-17-11-9-8-10-12-17/h8-12,16,18-19,23H,13-15H2,1-7H3,(H,22,24)/t18-,19?/m1/s1. The van der Waals surface area contributed by atoms with Gasteiger partial charge in [-0.25, -0.2) is 0 Å². The lowest BCUT2D eigenvalue weighted by Crippen LogP contribution is -2.50. The van der Waals surface area contributed by atoms with Crippen molar-refractivity contribution < 1.29 is 14.3 Å². The molecular formula is C21H37NO3Si. The summed E-state index contributed by atoms with van der Waals surface area (Å²) in [5.41, 5.74) is 1.13. The van der Waals surface area contributed by atoms with Crippen molar-refractivity contribution in [2.45, 2.75) is 77.7 Å². The quantitative estimate of drug-likeness (QED) is 0.634. The molecule has 1 unspecified atom stereocenters. The summed E-state index contributed by atoms with van der Waals surface area (Å²) in [4.78, 5) is 12.4. The number of hydrogen-bond donors (Lipinski definition) is 2. The number of amides is 1. The molecule has 1 aromatic rings. The normalized spacial score (nSPS) is 15.0. The van der Waals surface area contributed by atoms with Gasteiger partial charge in [-0.1, -0.05) is 65.0 Å². The van der Waals surface area contributed by atoms with Gasteiger partial charge in [-0.15, -0.1) is 0 Å². The molecule has 0 saturated carbocycles. The third-order valence-electron chi connectivity index (χ3n) is 5.41. The molecule has 0 aliphatic carbocycles. The van der Waals surface area contributed by atoms with Gasteiger partial charge in [0.1, 0.15) is 6.10 Å². The van der Waals surface area contributed by atoms with Crippen LogP contribution >= 0.6 is 0 Å². The van der Waals surface area contributed by atoms with E-state index in [1.165, 1.54) is 0 Å². The summed E-state index contributed by atoms with van der Waals surface area (Å²) in [6.07, 6.45) is 0.107. The van der Waals surface area contributed by atoms with E-state index in [0.29, 0.717) is 19.4 Å². The van der Waals surface area contributed by atoms with Gasteiger partial charge in [0.15, 0.2) is 8.32 Å². The van der Waals surface area contributed by atoms with E-state index < -0.39 is 14.4 Å². The molecule has 5 heteroatoms. The Hall–Kier alpha value is -1.17. The van der Waals surface area contributed by atoms with Crippen LogP contribution in [0.2, 0.25) is 18.1 Å². The number of hydrogen-bond acceptors (Lipinski definition) is 3. The van der Waals surface area contributed by atoms with Gasteiger partial charge in [-0.2, -0.15) is 0 Å². The highest BCUT2D eigenvalue weighted by molar-refractivity contribution is 6.74. The van der Waals surface area contributed by atoms with Gasteiger partial charge in [0.05, 0.1) is 12.6 Å². The summed E-state index contributed by atoms with van der Waals surface area (Å²) in [5, 5.41) is 13.3. The maximum atomic E-state index is 12.4. The molecule has 4 nitrogen and oxygen atoms in total. The Morgan fingerprint density at radius 3 is 2.27 bits per heavy atom. The molecule has 1 amide bonds. The Labute approximate surface area is 160 Å². The minimum atomic E-state index is -1.86. The summed E-state index contributed by atoms with van der Waals surface area (Å²) >= 11 is 0. The number of aliphatic hydroxyl groups excluding tert-OH is 1. The van der Waals surface area contributed by atoms with E-state index in [0.717, 1.165) is 5.56 Å². The minimum absolute atomic E-state index is 0.0944. The average molecular weight is 380 g/mol. The number of aliphatic hydroxyl groups is 1. The fraction of sp³-hybridized carbons (Fsp3) is 0.667. The van der Waals surface area contributed by atoms with Gasteiger partial charge >= 0.3 is 0 Å². The SMILES string of the molecule is CC(C)[C@@H](CO[Si](C)(C)C(C)(C)C)NC(=O)C(O)CCc1ccccc1. The molecule has 1 aromatic carbocycles. The lowest BCUT2D eigenvalue weighted by Gasteiger charge is -2.38. The van der Waals surface area contributed by atoms with E-state index in [1.807, 2.05) is 30.3 Å². The molecular weight excluding hydrogens is 342 g/mol. The van der Waals surface area contributed by atoms with E-state index in [4.69, 9.17) is 4.43 Å². The van der Waals surface area contributed by atoms with Crippen LogP contribution in [0.25, 0.3) is 0 Å². The van der Waals surface area contributed by atoms with Crippen LogP contribution in [0.15, 0.2) is 30.3 Å². The highest BCUT2D eigenvalue weighted by Crippen LogP contribution is 2.36. The predicted molar refractivity (Wildman–Crippen MR) is 111 cm³/mol. The molecule has 0 saturated heterocycles. The number of rotatable bonds is 9. The maximum absolute atomic E-state index is 12.4. The summed E-state index contributed by atoms with van der Waals surface area (Å²) in [6.45, 7) is 15.7. The Kier molecular flexibility index (Phi) is 8.51. The molecule has 2 atom stereocenters. The fourth-order valence-electron chi connectivity index (χ4n) is 2.27. The monoisotopic (exact) mass is 379 g/mol. The van der Waals surface area contributed by atoms with Crippen molar-refractivity contribution in [2.75, 3.05) is 6.61 Å². The van der Waals surface area contributed by atoms with Crippen molar-refractivity contribution >= 4 is 14.2 Å². The Morgan fingerprint density at radius 2 is 1.77 bits per heavy atom. The van der Waals surface area contributed by atoms with Gasteiger partial charge < -0.3 is 14.8 Å². The van der Waals surface area contributed by atoms with E-state index in [2.05, 4.69) is 53.0 Å². The second kappa shape index (κ2) is 9.67. The first-order valence-electron chi connectivity index (χ1n) is 9.60. The molecule has 26 heavy (non-hydrogen) atoms. The van der Waals surface area contributed by atoms with Gasteiger partial charge in [-0.3, -0.25) is 4.79 Å². The largest absolute Gasteiger partial charge is 0.415 e. The van der Waals surface area contributed by atoms with Crippen LogP contribution < -0.4 is 5.32 Å².